The van der Waals surface area contributed by atoms with Crippen LogP contribution in [0.4, 0.5) is 0 Å². The molecule has 0 saturated heterocycles. The first-order chi connectivity index (χ1) is 6.61. The molecule has 0 heterocycles. The summed E-state index contributed by atoms with van der Waals surface area (Å²) in [6.07, 6.45) is 0.776. The highest BCUT2D eigenvalue weighted by molar-refractivity contribution is 7.38. The van der Waals surface area contributed by atoms with E-state index in [1.165, 1.54) is 0 Å². The summed E-state index contributed by atoms with van der Waals surface area (Å²) in [5.74, 6) is 0.446. The Hall–Kier alpha value is -0.590. The molecule has 1 N–H and O–H groups in total. The topological polar surface area (TPSA) is 37.3 Å². The summed E-state index contributed by atoms with van der Waals surface area (Å²) in [4.78, 5) is 9.26. The first kappa shape index (κ1) is 11.5. The Morgan fingerprint density at radius 1 is 1.29 bits per heavy atom. The maximum absolute atomic E-state index is 11.2. The molecule has 2 nitrogen and oxygen atoms in total. The Morgan fingerprint density at radius 2 is 1.86 bits per heavy atom. The minimum absolute atomic E-state index is 0.179. The van der Waals surface area contributed by atoms with Crippen LogP contribution in [0.25, 0.3) is 0 Å². The highest BCUT2D eigenvalue weighted by Crippen LogP contribution is 2.41. The maximum Gasteiger partial charge on any atom is 0.196 e. The van der Waals surface area contributed by atoms with Gasteiger partial charge in [0.05, 0.1) is 5.66 Å². The molecular formula is C11H17O2P. The fraction of sp³-hybridized carbons (Fsp3) is 0.455. The van der Waals surface area contributed by atoms with Gasteiger partial charge >= 0.3 is 0 Å². The van der Waals surface area contributed by atoms with Crippen molar-refractivity contribution >= 4 is 8.03 Å². The van der Waals surface area contributed by atoms with Gasteiger partial charge in [-0.3, -0.25) is 4.57 Å². The number of benzene rings is 1. The van der Waals surface area contributed by atoms with Gasteiger partial charge in [0.15, 0.2) is 8.03 Å². The Morgan fingerprint density at radius 3 is 2.29 bits per heavy atom. The summed E-state index contributed by atoms with van der Waals surface area (Å²) in [6.45, 7) is 4.14. The zero-order valence-electron chi connectivity index (χ0n) is 8.60. The molecule has 0 aliphatic carbocycles. The zero-order valence-corrected chi connectivity index (χ0v) is 9.60. The molecule has 0 fully saturated rings. The average Bonchev–Trinajstić information content (AvgIpc) is 2.15. The highest BCUT2D eigenvalue weighted by atomic mass is 31.1. The number of rotatable bonds is 4. The van der Waals surface area contributed by atoms with Crippen LogP contribution in [0, 0.1) is 5.92 Å². The van der Waals surface area contributed by atoms with Gasteiger partial charge in [-0.05, 0) is 17.9 Å². The van der Waals surface area contributed by atoms with E-state index >= 15 is 0 Å². The highest BCUT2D eigenvalue weighted by Gasteiger charge is 2.17. The lowest BCUT2D eigenvalue weighted by atomic mass is 10.0. The van der Waals surface area contributed by atoms with Gasteiger partial charge in [0.1, 0.15) is 0 Å². The van der Waals surface area contributed by atoms with Crippen molar-refractivity contribution in [2.75, 3.05) is 0 Å². The molecule has 0 aliphatic heterocycles. The molecule has 0 aromatic heterocycles. The third-order valence-corrected chi connectivity index (χ3v) is 3.37. The average molecular weight is 212 g/mol. The standard InChI is InChI=1S/C11H17O2P/c1-9(2)8-11(14(12)13)10-6-4-3-5-7-10/h3-7,9,11,14H,8H2,1-2H3,(H,12,13). The molecule has 0 aliphatic rings. The van der Waals surface area contributed by atoms with Crippen LogP contribution in [0.1, 0.15) is 31.5 Å². The molecule has 1 aromatic carbocycles. The van der Waals surface area contributed by atoms with Crippen molar-refractivity contribution < 1.29 is 9.46 Å². The summed E-state index contributed by atoms with van der Waals surface area (Å²) in [5, 5.41) is 0. The predicted molar refractivity (Wildman–Crippen MR) is 59.9 cm³/mol. The van der Waals surface area contributed by atoms with E-state index in [1.54, 1.807) is 0 Å². The van der Waals surface area contributed by atoms with Crippen LogP contribution in [-0.4, -0.2) is 4.89 Å². The largest absolute Gasteiger partial charge is 0.346 e. The number of hydrogen-bond donors (Lipinski definition) is 1. The van der Waals surface area contributed by atoms with Crippen LogP contribution in [0.5, 0.6) is 0 Å². The second-order valence-corrected chi connectivity index (χ2v) is 5.30. The third kappa shape index (κ3) is 3.28. The lowest BCUT2D eigenvalue weighted by Crippen LogP contribution is -1.98. The molecular weight excluding hydrogens is 195 g/mol. The van der Waals surface area contributed by atoms with Crippen LogP contribution in [0.2, 0.25) is 0 Å². The first-order valence-electron chi connectivity index (χ1n) is 4.89. The van der Waals surface area contributed by atoms with Gasteiger partial charge in [-0.1, -0.05) is 44.2 Å². The molecule has 0 amide bonds. The molecule has 14 heavy (non-hydrogen) atoms. The van der Waals surface area contributed by atoms with Gasteiger partial charge in [-0.15, -0.1) is 0 Å². The molecule has 78 valence electrons. The Bertz CT molecular complexity index is 295. The third-order valence-electron chi connectivity index (χ3n) is 2.21. The smallest absolute Gasteiger partial charge is 0.196 e. The Balaban J connectivity index is 2.84. The maximum atomic E-state index is 11.2. The van der Waals surface area contributed by atoms with Crippen molar-refractivity contribution in [2.24, 2.45) is 5.92 Å². The summed E-state index contributed by atoms with van der Waals surface area (Å²) in [7, 11) is -2.47. The summed E-state index contributed by atoms with van der Waals surface area (Å²) < 4.78 is 11.2. The van der Waals surface area contributed by atoms with E-state index in [-0.39, 0.29) is 5.66 Å². The molecule has 0 bridgehead atoms. The fourth-order valence-electron chi connectivity index (χ4n) is 1.54. The van der Waals surface area contributed by atoms with Crippen LogP contribution in [-0.2, 0) is 4.57 Å². The monoisotopic (exact) mass is 212 g/mol. The van der Waals surface area contributed by atoms with Gasteiger partial charge in [-0.2, -0.15) is 0 Å². The van der Waals surface area contributed by atoms with Crippen LogP contribution < -0.4 is 0 Å². The minimum atomic E-state index is -2.47. The van der Waals surface area contributed by atoms with Crippen molar-refractivity contribution in [3.05, 3.63) is 35.9 Å². The van der Waals surface area contributed by atoms with E-state index in [1.807, 2.05) is 30.3 Å². The summed E-state index contributed by atoms with van der Waals surface area (Å²) >= 11 is 0. The van der Waals surface area contributed by atoms with Gasteiger partial charge in [-0.25, -0.2) is 0 Å². The normalized spacial score (nSPS) is 15.4. The molecule has 0 saturated carbocycles. The molecule has 2 atom stereocenters. The lowest BCUT2D eigenvalue weighted by molar-refractivity contribution is 0.469. The molecule has 0 radical (unpaired) electrons. The first-order valence-corrected chi connectivity index (χ1v) is 6.32. The van der Waals surface area contributed by atoms with Crippen molar-refractivity contribution in [3.63, 3.8) is 0 Å². The molecule has 1 aromatic rings. The van der Waals surface area contributed by atoms with E-state index in [0.717, 1.165) is 12.0 Å². The lowest BCUT2D eigenvalue weighted by Gasteiger charge is -2.15. The molecule has 2 unspecified atom stereocenters. The zero-order chi connectivity index (χ0) is 10.6. The van der Waals surface area contributed by atoms with Gasteiger partial charge in [0.25, 0.3) is 0 Å². The Kier molecular flexibility index (Phi) is 4.37. The van der Waals surface area contributed by atoms with E-state index in [0.29, 0.717) is 5.92 Å². The molecule has 3 heteroatoms. The second-order valence-electron chi connectivity index (χ2n) is 3.93. The number of hydrogen-bond acceptors (Lipinski definition) is 1. The van der Waals surface area contributed by atoms with E-state index in [4.69, 9.17) is 0 Å². The van der Waals surface area contributed by atoms with Gasteiger partial charge < -0.3 is 4.89 Å². The van der Waals surface area contributed by atoms with Crippen LogP contribution in [0.15, 0.2) is 30.3 Å². The molecule has 1 rings (SSSR count). The quantitative estimate of drug-likeness (QED) is 0.778. The van der Waals surface area contributed by atoms with Crippen molar-refractivity contribution in [3.8, 4) is 0 Å². The fourth-order valence-corrected chi connectivity index (χ4v) is 2.69. The van der Waals surface area contributed by atoms with Crippen molar-refractivity contribution in [1.82, 2.24) is 0 Å². The molecule has 0 spiro atoms. The van der Waals surface area contributed by atoms with E-state index < -0.39 is 8.03 Å². The SMILES string of the molecule is CC(C)CC(c1ccccc1)[PH](=O)O. The van der Waals surface area contributed by atoms with Crippen molar-refractivity contribution in [2.45, 2.75) is 25.9 Å². The second kappa shape index (κ2) is 5.33. The summed E-state index contributed by atoms with van der Waals surface area (Å²) in [6, 6.07) is 9.59. The van der Waals surface area contributed by atoms with E-state index in [2.05, 4.69) is 13.8 Å². The van der Waals surface area contributed by atoms with Gasteiger partial charge in [0.2, 0.25) is 0 Å². The van der Waals surface area contributed by atoms with E-state index in [9.17, 15) is 9.46 Å². The minimum Gasteiger partial charge on any atom is -0.346 e. The summed E-state index contributed by atoms with van der Waals surface area (Å²) in [5.41, 5.74) is 0.800. The van der Waals surface area contributed by atoms with Crippen LogP contribution >= 0.6 is 8.03 Å². The predicted octanol–water partition coefficient (Wildman–Crippen LogP) is 3.24. The van der Waals surface area contributed by atoms with Crippen molar-refractivity contribution in [1.29, 1.82) is 0 Å². The van der Waals surface area contributed by atoms with Gasteiger partial charge in [0, 0.05) is 0 Å². The van der Waals surface area contributed by atoms with Crippen LogP contribution in [0.3, 0.4) is 0 Å². The Labute approximate surface area is 85.8 Å².